The lowest BCUT2D eigenvalue weighted by Crippen LogP contribution is -2.37. The highest BCUT2D eigenvalue weighted by Gasteiger charge is 2.18. The van der Waals surface area contributed by atoms with Crippen LogP contribution in [0.3, 0.4) is 0 Å². The molecule has 1 aromatic carbocycles. The molecule has 19 heavy (non-hydrogen) atoms. The summed E-state index contributed by atoms with van der Waals surface area (Å²) in [4.78, 5) is 0. The van der Waals surface area contributed by atoms with Gasteiger partial charge in [0.05, 0.1) is 18.8 Å². The predicted molar refractivity (Wildman–Crippen MR) is 73.0 cm³/mol. The summed E-state index contributed by atoms with van der Waals surface area (Å²) < 4.78 is 10.7. The molecule has 4 nitrogen and oxygen atoms in total. The van der Waals surface area contributed by atoms with Gasteiger partial charge in [-0.25, -0.2) is 0 Å². The zero-order chi connectivity index (χ0) is 13.7. The van der Waals surface area contributed by atoms with Gasteiger partial charge >= 0.3 is 0 Å². The summed E-state index contributed by atoms with van der Waals surface area (Å²) in [6.07, 6.45) is 2.44. The van der Waals surface area contributed by atoms with E-state index in [0.717, 1.165) is 31.6 Å². The van der Waals surface area contributed by atoms with Gasteiger partial charge in [0.2, 0.25) is 0 Å². The Morgan fingerprint density at radius 3 is 3.05 bits per heavy atom. The molecule has 1 heterocycles. The Bertz CT molecular complexity index is 468. The molecule has 4 heteroatoms. The Hall–Kier alpha value is -1.57. The summed E-state index contributed by atoms with van der Waals surface area (Å²) in [5.41, 5.74) is 1.71. The minimum absolute atomic E-state index is 0.335. The molecule has 0 aromatic heterocycles. The molecule has 2 atom stereocenters. The van der Waals surface area contributed by atoms with Crippen molar-refractivity contribution in [1.82, 2.24) is 5.32 Å². The van der Waals surface area contributed by atoms with E-state index in [0.29, 0.717) is 23.5 Å². The van der Waals surface area contributed by atoms with Gasteiger partial charge in [-0.1, -0.05) is 6.07 Å². The highest BCUT2D eigenvalue weighted by atomic mass is 16.5. The van der Waals surface area contributed by atoms with Crippen LogP contribution in [-0.4, -0.2) is 25.9 Å². The lowest BCUT2D eigenvalue weighted by Gasteiger charge is -2.28. The third-order valence-electron chi connectivity index (χ3n) is 3.47. The van der Waals surface area contributed by atoms with Gasteiger partial charge in [0.25, 0.3) is 0 Å². The van der Waals surface area contributed by atoms with E-state index in [-0.39, 0.29) is 0 Å². The Kier molecular flexibility index (Phi) is 4.78. The number of hydrogen-bond acceptors (Lipinski definition) is 4. The predicted octanol–water partition coefficient (Wildman–Crippen LogP) is 2.22. The van der Waals surface area contributed by atoms with Crippen LogP contribution in [0.15, 0.2) is 18.2 Å². The second-order valence-electron chi connectivity index (χ2n) is 4.93. The number of nitrogens with one attached hydrogen (secondary N) is 1. The summed E-state index contributed by atoms with van der Waals surface area (Å²) in [5, 5.41) is 12.5. The Balaban J connectivity index is 1.94. The fraction of sp³-hybridized carbons (Fsp3) is 0.533. The second-order valence-corrected chi connectivity index (χ2v) is 4.93. The van der Waals surface area contributed by atoms with Crippen molar-refractivity contribution in [2.45, 2.75) is 38.5 Å². The van der Waals surface area contributed by atoms with Crippen LogP contribution in [0, 0.1) is 11.3 Å². The maximum Gasteiger partial charge on any atom is 0.136 e. The van der Waals surface area contributed by atoms with Crippen LogP contribution in [0.2, 0.25) is 0 Å². The van der Waals surface area contributed by atoms with Crippen molar-refractivity contribution < 1.29 is 9.47 Å². The molecule has 102 valence electrons. The summed E-state index contributed by atoms with van der Waals surface area (Å²) >= 11 is 0. The van der Waals surface area contributed by atoms with E-state index < -0.39 is 0 Å². The van der Waals surface area contributed by atoms with Crippen LogP contribution in [-0.2, 0) is 11.3 Å². The van der Waals surface area contributed by atoms with E-state index >= 15 is 0 Å². The molecule has 1 aromatic rings. The van der Waals surface area contributed by atoms with Crippen molar-refractivity contribution in [3.05, 3.63) is 29.3 Å². The number of nitriles is 1. The minimum Gasteiger partial charge on any atom is -0.495 e. The number of methoxy groups -OCH3 is 1. The largest absolute Gasteiger partial charge is 0.495 e. The van der Waals surface area contributed by atoms with Crippen molar-refractivity contribution in [3.8, 4) is 11.8 Å². The molecular weight excluding hydrogens is 240 g/mol. The molecule has 1 fully saturated rings. The fourth-order valence-corrected chi connectivity index (χ4v) is 2.38. The molecule has 1 aliphatic rings. The summed E-state index contributed by atoms with van der Waals surface area (Å²) in [7, 11) is 1.59. The molecule has 0 amide bonds. The SMILES string of the molecule is COc1cc(CNC2CCOC(C)C2)ccc1C#N. The van der Waals surface area contributed by atoms with E-state index in [9.17, 15) is 0 Å². The summed E-state index contributed by atoms with van der Waals surface area (Å²) in [6.45, 7) is 3.73. The Morgan fingerprint density at radius 2 is 2.37 bits per heavy atom. The van der Waals surface area contributed by atoms with Crippen molar-refractivity contribution in [2.75, 3.05) is 13.7 Å². The number of rotatable bonds is 4. The highest BCUT2D eigenvalue weighted by Crippen LogP contribution is 2.20. The van der Waals surface area contributed by atoms with Crippen LogP contribution in [0.25, 0.3) is 0 Å². The van der Waals surface area contributed by atoms with Crippen LogP contribution in [0.4, 0.5) is 0 Å². The van der Waals surface area contributed by atoms with Crippen LogP contribution < -0.4 is 10.1 Å². The molecule has 0 aliphatic carbocycles. The standard InChI is InChI=1S/C15H20N2O2/c1-11-7-14(5-6-19-11)17-10-12-3-4-13(9-16)15(8-12)18-2/h3-4,8,11,14,17H,5-7,10H2,1-2H3. The number of hydrogen-bond donors (Lipinski definition) is 1. The monoisotopic (exact) mass is 260 g/mol. The normalized spacial score (nSPS) is 22.8. The molecule has 2 rings (SSSR count). The van der Waals surface area contributed by atoms with E-state index in [2.05, 4.69) is 18.3 Å². The average Bonchev–Trinajstić information content (AvgIpc) is 2.45. The van der Waals surface area contributed by atoms with E-state index in [1.165, 1.54) is 0 Å². The molecular formula is C15H20N2O2. The van der Waals surface area contributed by atoms with Gasteiger partial charge in [-0.3, -0.25) is 0 Å². The van der Waals surface area contributed by atoms with Crippen LogP contribution in [0.1, 0.15) is 30.9 Å². The third-order valence-corrected chi connectivity index (χ3v) is 3.47. The quantitative estimate of drug-likeness (QED) is 0.902. The van der Waals surface area contributed by atoms with E-state index in [1.807, 2.05) is 18.2 Å². The number of ether oxygens (including phenoxy) is 2. The fourth-order valence-electron chi connectivity index (χ4n) is 2.38. The molecule has 2 unspecified atom stereocenters. The van der Waals surface area contributed by atoms with Gasteiger partial charge in [-0.05, 0) is 37.5 Å². The van der Waals surface area contributed by atoms with Gasteiger partial charge in [0.1, 0.15) is 11.8 Å². The molecule has 1 N–H and O–H groups in total. The van der Waals surface area contributed by atoms with Gasteiger partial charge in [-0.15, -0.1) is 0 Å². The first-order valence-electron chi connectivity index (χ1n) is 6.65. The average molecular weight is 260 g/mol. The number of benzene rings is 1. The molecule has 0 saturated carbocycles. The first-order valence-corrected chi connectivity index (χ1v) is 6.65. The Labute approximate surface area is 114 Å². The van der Waals surface area contributed by atoms with Crippen LogP contribution in [0.5, 0.6) is 5.75 Å². The molecule has 1 saturated heterocycles. The first kappa shape index (κ1) is 13.9. The van der Waals surface area contributed by atoms with Gasteiger partial charge in [0.15, 0.2) is 0 Å². The van der Waals surface area contributed by atoms with Gasteiger partial charge in [0, 0.05) is 19.2 Å². The summed E-state index contributed by atoms with van der Waals surface area (Å²) in [5.74, 6) is 0.641. The van der Waals surface area contributed by atoms with Crippen LogP contribution >= 0.6 is 0 Å². The topological polar surface area (TPSA) is 54.3 Å². The molecule has 1 aliphatic heterocycles. The van der Waals surface area contributed by atoms with Crippen molar-refractivity contribution in [1.29, 1.82) is 5.26 Å². The van der Waals surface area contributed by atoms with Gasteiger partial charge < -0.3 is 14.8 Å². The molecule has 0 bridgehead atoms. The third kappa shape index (κ3) is 3.69. The lowest BCUT2D eigenvalue weighted by molar-refractivity contribution is 0.0130. The van der Waals surface area contributed by atoms with Gasteiger partial charge in [-0.2, -0.15) is 5.26 Å². The maximum absolute atomic E-state index is 8.94. The molecule has 0 spiro atoms. The maximum atomic E-state index is 8.94. The van der Waals surface area contributed by atoms with Crippen molar-refractivity contribution in [3.63, 3.8) is 0 Å². The zero-order valence-corrected chi connectivity index (χ0v) is 11.5. The molecule has 0 radical (unpaired) electrons. The smallest absolute Gasteiger partial charge is 0.136 e. The van der Waals surface area contributed by atoms with Crippen molar-refractivity contribution >= 4 is 0 Å². The summed E-state index contributed by atoms with van der Waals surface area (Å²) in [6, 6.07) is 8.33. The van der Waals surface area contributed by atoms with Crippen molar-refractivity contribution in [2.24, 2.45) is 0 Å². The zero-order valence-electron chi connectivity index (χ0n) is 11.5. The minimum atomic E-state index is 0.335. The first-order chi connectivity index (χ1) is 9.22. The lowest BCUT2D eigenvalue weighted by atomic mass is 10.0. The second kappa shape index (κ2) is 6.55. The van der Waals surface area contributed by atoms with E-state index in [1.54, 1.807) is 7.11 Å². The number of nitrogens with zero attached hydrogens (tertiary/aromatic N) is 1. The van der Waals surface area contributed by atoms with E-state index in [4.69, 9.17) is 14.7 Å². The Morgan fingerprint density at radius 1 is 1.53 bits per heavy atom. The highest BCUT2D eigenvalue weighted by molar-refractivity contribution is 5.45.